The Labute approximate surface area is 199 Å². The van der Waals surface area contributed by atoms with Crippen LogP contribution in [0.25, 0.3) is 0 Å². The Kier molecular flexibility index (Phi) is 6.73. The molecule has 3 aromatic rings. The van der Waals surface area contributed by atoms with Gasteiger partial charge in [0.05, 0.1) is 17.0 Å². The lowest BCUT2D eigenvalue weighted by Gasteiger charge is -2.34. The summed E-state index contributed by atoms with van der Waals surface area (Å²) < 4.78 is 32.8. The van der Waals surface area contributed by atoms with Crippen molar-refractivity contribution in [2.75, 3.05) is 43.5 Å². The average molecular weight is 488 g/mol. The molecule has 1 fully saturated rings. The van der Waals surface area contributed by atoms with Crippen LogP contribution in [0, 0.1) is 13.8 Å². The van der Waals surface area contributed by atoms with Crippen molar-refractivity contribution in [3.63, 3.8) is 0 Å². The Morgan fingerprint density at radius 2 is 1.67 bits per heavy atom. The third-order valence-corrected chi connectivity index (χ3v) is 7.66. The number of piperazine rings is 1. The van der Waals surface area contributed by atoms with Gasteiger partial charge in [0.2, 0.25) is 16.0 Å². The van der Waals surface area contributed by atoms with E-state index in [9.17, 15) is 8.42 Å². The molecular weight excluding hydrogens is 462 g/mol. The second-order valence-corrected chi connectivity index (χ2v) is 10.2. The molecule has 4 rings (SSSR count). The van der Waals surface area contributed by atoms with Gasteiger partial charge < -0.3 is 15.0 Å². The maximum atomic E-state index is 13.1. The number of aromatic nitrogens is 2. The van der Waals surface area contributed by atoms with Gasteiger partial charge in [-0.05, 0) is 44.2 Å². The Balaban J connectivity index is 1.46. The number of hydrogen-bond donors (Lipinski definition) is 1. The first-order chi connectivity index (χ1) is 15.8. The van der Waals surface area contributed by atoms with E-state index in [1.807, 2.05) is 44.2 Å². The van der Waals surface area contributed by atoms with E-state index in [2.05, 4.69) is 20.2 Å². The summed E-state index contributed by atoms with van der Waals surface area (Å²) in [5.74, 6) is 1.72. The minimum absolute atomic E-state index is 0.157. The predicted molar refractivity (Wildman–Crippen MR) is 130 cm³/mol. The number of rotatable bonds is 6. The van der Waals surface area contributed by atoms with E-state index in [4.69, 9.17) is 16.3 Å². The molecule has 1 aromatic heterocycles. The fourth-order valence-corrected chi connectivity index (χ4v) is 5.42. The molecule has 0 bridgehead atoms. The first-order valence-electron chi connectivity index (χ1n) is 10.5. The van der Waals surface area contributed by atoms with Crippen molar-refractivity contribution in [3.05, 3.63) is 64.8 Å². The van der Waals surface area contributed by atoms with Crippen LogP contribution in [0.4, 0.5) is 17.5 Å². The third-order valence-electron chi connectivity index (χ3n) is 5.47. The van der Waals surface area contributed by atoms with Gasteiger partial charge in [0.1, 0.15) is 11.6 Å². The molecule has 0 saturated carbocycles. The standard InChI is InChI=1S/C23H26ClN5O3S/c1-16-4-6-18(7-5-16)26-23-25-17(2)14-22(27-23)28-10-12-29(13-11-28)33(30,31)19-8-9-21(32-3)20(24)15-19/h4-9,14-15H,10-13H2,1-3H3,(H,25,26,27). The number of methoxy groups -OCH3 is 1. The largest absolute Gasteiger partial charge is 0.495 e. The van der Waals surface area contributed by atoms with E-state index in [0.717, 1.165) is 17.2 Å². The summed E-state index contributed by atoms with van der Waals surface area (Å²) in [4.78, 5) is 11.4. The van der Waals surface area contributed by atoms with Crippen molar-refractivity contribution in [1.29, 1.82) is 0 Å². The number of hydrogen-bond acceptors (Lipinski definition) is 7. The van der Waals surface area contributed by atoms with Crippen LogP contribution in [-0.2, 0) is 10.0 Å². The van der Waals surface area contributed by atoms with Gasteiger partial charge in [-0.15, -0.1) is 0 Å². The number of anilines is 3. The maximum absolute atomic E-state index is 13.1. The van der Waals surface area contributed by atoms with Crippen molar-refractivity contribution in [2.45, 2.75) is 18.7 Å². The molecule has 1 aliphatic rings. The Morgan fingerprint density at radius 1 is 0.970 bits per heavy atom. The molecule has 2 heterocycles. The van der Waals surface area contributed by atoms with E-state index in [-0.39, 0.29) is 9.92 Å². The molecule has 0 radical (unpaired) electrons. The number of benzene rings is 2. The van der Waals surface area contributed by atoms with Gasteiger partial charge in [-0.3, -0.25) is 0 Å². The molecule has 2 aromatic carbocycles. The summed E-state index contributed by atoms with van der Waals surface area (Å²) >= 11 is 6.14. The van der Waals surface area contributed by atoms with Gasteiger partial charge in [0.15, 0.2) is 0 Å². The minimum Gasteiger partial charge on any atom is -0.495 e. The van der Waals surface area contributed by atoms with Gasteiger partial charge in [0, 0.05) is 43.6 Å². The molecule has 0 atom stereocenters. The molecule has 1 saturated heterocycles. The van der Waals surface area contributed by atoms with Crippen LogP contribution in [0.5, 0.6) is 5.75 Å². The van der Waals surface area contributed by atoms with Crippen LogP contribution in [0.15, 0.2) is 53.4 Å². The van der Waals surface area contributed by atoms with Crippen molar-refractivity contribution in [3.8, 4) is 5.75 Å². The van der Waals surface area contributed by atoms with Crippen molar-refractivity contribution < 1.29 is 13.2 Å². The molecule has 1 N–H and O–H groups in total. The maximum Gasteiger partial charge on any atom is 0.243 e. The topological polar surface area (TPSA) is 87.7 Å². The van der Waals surface area contributed by atoms with Gasteiger partial charge in [0.25, 0.3) is 0 Å². The van der Waals surface area contributed by atoms with Crippen molar-refractivity contribution in [2.24, 2.45) is 0 Å². The number of sulfonamides is 1. The molecule has 174 valence electrons. The molecule has 0 aliphatic carbocycles. The summed E-state index contributed by atoms with van der Waals surface area (Å²) in [7, 11) is -2.16. The number of ether oxygens (including phenoxy) is 1. The van der Waals surface area contributed by atoms with E-state index in [0.29, 0.717) is 37.9 Å². The summed E-state index contributed by atoms with van der Waals surface area (Å²) in [5, 5.41) is 3.51. The normalized spacial score (nSPS) is 14.8. The molecule has 0 amide bonds. The number of nitrogens with zero attached hydrogens (tertiary/aromatic N) is 4. The smallest absolute Gasteiger partial charge is 0.243 e. The van der Waals surface area contributed by atoms with Gasteiger partial charge in [-0.25, -0.2) is 13.4 Å². The number of aryl methyl sites for hydroxylation is 2. The van der Waals surface area contributed by atoms with Crippen LogP contribution in [0.3, 0.4) is 0 Å². The second-order valence-electron chi connectivity index (χ2n) is 7.87. The van der Waals surface area contributed by atoms with Crippen LogP contribution >= 0.6 is 11.6 Å². The van der Waals surface area contributed by atoms with Crippen molar-refractivity contribution in [1.82, 2.24) is 14.3 Å². The molecule has 0 unspecified atom stereocenters. The summed E-state index contributed by atoms with van der Waals surface area (Å²) in [6.07, 6.45) is 0. The predicted octanol–water partition coefficient (Wildman–Crippen LogP) is 4.01. The fraction of sp³-hybridized carbons (Fsp3) is 0.304. The first kappa shape index (κ1) is 23.3. The lowest BCUT2D eigenvalue weighted by atomic mass is 10.2. The highest BCUT2D eigenvalue weighted by atomic mass is 35.5. The van der Waals surface area contributed by atoms with Gasteiger partial charge in [-0.2, -0.15) is 9.29 Å². The minimum atomic E-state index is -3.65. The lowest BCUT2D eigenvalue weighted by molar-refractivity contribution is 0.383. The Morgan fingerprint density at radius 3 is 2.30 bits per heavy atom. The summed E-state index contributed by atoms with van der Waals surface area (Å²) in [5.41, 5.74) is 2.92. The highest BCUT2D eigenvalue weighted by Gasteiger charge is 2.29. The van der Waals surface area contributed by atoms with E-state index >= 15 is 0 Å². The first-order valence-corrected chi connectivity index (χ1v) is 12.4. The van der Waals surface area contributed by atoms with Gasteiger partial charge in [-0.1, -0.05) is 29.3 Å². The zero-order chi connectivity index (χ0) is 23.6. The highest BCUT2D eigenvalue weighted by molar-refractivity contribution is 7.89. The quantitative estimate of drug-likeness (QED) is 0.562. The Bertz CT molecular complexity index is 1240. The van der Waals surface area contributed by atoms with E-state index in [1.54, 1.807) is 6.07 Å². The average Bonchev–Trinajstić information content (AvgIpc) is 2.80. The zero-order valence-electron chi connectivity index (χ0n) is 18.7. The van der Waals surface area contributed by atoms with Crippen LogP contribution < -0.4 is 15.0 Å². The molecule has 10 heteroatoms. The summed E-state index contributed by atoms with van der Waals surface area (Å²) in [6, 6.07) is 14.4. The molecular formula is C23H26ClN5O3S. The molecule has 8 nitrogen and oxygen atoms in total. The lowest BCUT2D eigenvalue weighted by Crippen LogP contribution is -2.49. The number of halogens is 1. The monoisotopic (exact) mass is 487 g/mol. The molecule has 33 heavy (non-hydrogen) atoms. The van der Waals surface area contributed by atoms with Crippen LogP contribution in [0.1, 0.15) is 11.3 Å². The van der Waals surface area contributed by atoms with Crippen LogP contribution in [-0.4, -0.2) is 56.0 Å². The summed E-state index contributed by atoms with van der Waals surface area (Å²) in [6.45, 7) is 5.67. The van der Waals surface area contributed by atoms with Crippen molar-refractivity contribution >= 4 is 39.1 Å². The van der Waals surface area contributed by atoms with E-state index in [1.165, 1.54) is 29.1 Å². The third kappa shape index (κ3) is 5.21. The van der Waals surface area contributed by atoms with Crippen LogP contribution in [0.2, 0.25) is 5.02 Å². The second kappa shape index (κ2) is 9.54. The fourth-order valence-electron chi connectivity index (χ4n) is 3.65. The zero-order valence-corrected chi connectivity index (χ0v) is 20.3. The highest BCUT2D eigenvalue weighted by Crippen LogP contribution is 2.29. The molecule has 0 spiro atoms. The van der Waals surface area contributed by atoms with Gasteiger partial charge >= 0.3 is 0 Å². The van der Waals surface area contributed by atoms with E-state index < -0.39 is 10.0 Å². The molecule has 1 aliphatic heterocycles. The SMILES string of the molecule is COc1ccc(S(=O)(=O)N2CCN(c3cc(C)nc(Nc4ccc(C)cc4)n3)CC2)cc1Cl. The Hall–Kier alpha value is -2.88. The number of nitrogens with one attached hydrogen (secondary N) is 1.